The molecule has 0 radical (unpaired) electrons. The molecule has 0 aliphatic rings. The summed E-state index contributed by atoms with van der Waals surface area (Å²) >= 11 is 0. The molecule has 0 atom stereocenters. The van der Waals surface area contributed by atoms with Crippen molar-refractivity contribution >= 4 is 39.4 Å². The maximum absolute atomic E-state index is 10.1. The summed E-state index contributed by atoms with van der Waals surface area (Å²) in [5, 5.41) is 0. The molecule has 52 valence electrons. The van der Waals surface area contributed by atoms with Crippen LogP contribution in [0.25, 0.3) is 0 Å². The molecule has 0 aliphatic heterocycles. The molecule has 0 amide bonds. The topological polar surface area (TPSA) is 54.4 Å². The summed E-state index contributed by atoms with van der Waals surface area (Å²) in [4.78, 5) is 0. The predicted molar refractivity (Wildman–Crippen MR) is 27.0 cm³/mol. The first-order chi connectivity index (χ1) is 2.65. The van der Waals surface area contributed by atoms with Crippen molar-refractivity contribution in [1.82, 2.24) is 0 Å². The Morgan fingerprint density at radius 1 is 1.00 bits per heavy atom. The van der Waals surface area contributed by atoms with Crippen molar-refractivity contribution in [3.63, 3.8) is 0 Å². The van der Waals surface area contributed by atoms with Gasteiger partial charge in [-0.15, -0.1) is 0 Å². The first kappa shape index (κ1) is 9.30. The Morgan fingerprint density at radius 3 is 1.00 bits per heavy atom. The van der Waals surface area contributed by atoms with Gasteiger partial charge in [-0.3, -0.25) is 0 Å². The van der Waals surface area contributed by atoms with Gasteiger partial charge in [-0.1, -0.05) is 0 Å². The normalized spacial score (nSPS) is 26.9. The van der Waals surface area contributed by atoms with Gasteiger partial charge < -0.3 is 0 Å². The fraction of sp³-hybridized carbons (Fsp3) is 0. The van der Waals surface area contributed by atoms with Crippen LogP contribution in [0.1, 0.15) is 0 Å². The number of rotatable bonds is 0. The zero-order valence-corrected chi connectivity index (χ0v) is 7.64. The fourth-order valence-corrected chi connectivity index (χ4v) is 0. The van der Waals surface area contributed by atoms with E-state index in [4.69, 9.17) is 4.03 Å². The second kappa shape index (κ2) is 0.891. The molecule has 1 N–H and O–H groups in total. The first-order valence-electron chi connectivity index (χ1n) is 1.24. The molecule has 0 heterocycles. The molecule has 0 aromatic carbocycles. The van der Waals surface area contributed by atoms with Crippen LogP contribution in [-0.4, -0.2) is 4.03 Å². The van der Waals surface area contributed by atoms with E-state index in [0.717, 1.165) is 0 Å². The zero-order valence-electron chi connectivity index (χ0n) is 3.22. The van der Waals surface area contributed by atoms with Crippen molar-refractivity contribution in [1.29, 1.82) is 0 Å². The van der Waals surface area contributed by atoms with Gasteiger partial charge in [0.1, 0.15) is 0 Å². The Morgan fingerprint density at radius 2 is 1.00 bits per heavy atom. The van der Waals surface area contributed by atoms with Crippen LogP contribution in [0.2, 0.25) is 0 Å². The summed E-state index contributed by atoms with van der Waals surface area (Å²) in [6.07, 6.45) is 0. The second-order valence-electron chi connectivity index (χ2n) is 1.48. The van der Waals surface area contributed by atoms with Gasteiger partial charge >= 0.3 is 57.8 Å². The fourth-order valence-electron chi connectivity index (χ4n) is 0. The van der Waals surface area contributed by atoms with E-state index in [2.05, 4.69) is 39.4 Å². The van der Waals surface area contributed by atoms with Gasteiger partial charge in [0, 0.05) is 0 Å². The number of hydrogen-bond donors (Lipinski definition) is 1. The summed E-state index contributed by atoms with van der Waals surface area (Å²) in [6, 6.07) is 0. The van der Waals surface area contributed by atoms with Crippen molar-refractivity contribution in [2.75, 3.05) is 0 Å². The number of hydrogen-bond acceptors (Lipinski definition) is 2. The quantitative estimate of drug-likeness (QED) is 0.706. The Hall–Kier alpha value is 1.30. The van der Waals surface area contributed by atoms with Crippen LogP contribution in [0.15, 0.2) is 0 Å². The predicted octanol–water partition coefficient (Wildman–Crippen LogP) is 1.96. The van der Waals surface area contributed by atoms with Crippen LogP contribution in [-0.2, 0) is 14.4 Å². The van der Waals surface area contributed by atoms with E-state index in [9.17, 15) is 7.35 Å². The van der Waals surface area contributed by atoms with E-state index < -0.39 is 7.04 Å². The molecular weight excluding hydrogens is 241 g/mol. The van der Waals surface area contributed by atoms with E-state index >= 15 is 0 Å². The van der Waals surface area contributed by atoms with Crippen molar-refractivity contribution < 1.29 is 18.4 Å². The second-order valence-corrected chi connectivity index (χ2v) is 25.8. The van der Waals surface area contributed by atoms with Gasteiger partial charge in [0.15, 0.2) is 0 Å². The third-order valence-electron chi connectivity index (χ3n) is 0. The summed E-state index contributed by atoms with van der Waals surface area (Å²) < 4.78 is 28.2. The Bertz CT molecular complexity index is 254. The molecule has 0 aliphatic carbocycles. The van der Waals surface area contributed by atoms with Gasteiger partial charge in [0.2, 0.25) is 0 Å². The SMILES string of the molecule is [O]=[V](=[O])([OH])([Cl])([Cl])([Cl])[Cl]. The van der Waals surface area contributed by atoms with Crippen LogP contribution in [0, 0.1) is 0 Å². The summed E-state index contributed by atoms with van der Waals surface area (Å²) in [7, 11) is 8.60. The van der Waals surface area contributed by atoms with Gasteiger partial charge in [-0.25, -0.2) is 0 Å². The molecule has 0 spiro atoms. The molecular formula is HCl4O3V. The minimum absolute atomic E-state index is 4.21. The Balaban J connectivity index is 6.03. The van der Waals surface area contributed by atoms with Gasteiger partial charge in [0.25, 0.3) is 0 Å². The van der Waals surface area contributed by atoms with Crippen molar-refractivity contribution in [3.8, 4) is 0 Å². The molecule has 0 aromatic heterocycles. The first-order valence-corrected chi connectivity index (χ1v) is 10.7. The van der Waals surface area contributed by atoms with Gasteiger partial charge in [-0.2, -0.15) is 0 Å². The van der Waals surface area contributed by atoms with E-state index in [1.54, 1.807) is 0 Å². The van der Waals surface area contributed by atoms with E-state index in [0.29, 0.717) is 0 Å². The molecule has 0 saturated carbocycles. The van der Waals surface area contributed by atoms with Crippen molar-refractivity contribution in [2.24, 2.45) is 0 Å². The Labute approximate surface area is 57.6 Å². The van der Waals surface area contributed by atoms with Crippen LogP contribution in [0.3, 0.4) is 0 Å². The molecule has 3 nitrogen and oxygen atoms in total. The average Bonchev–Trinajstić information content (AvgIpc) is 0.544. The standard InChI is InChI=1S/4ClH.H2O.2O.V/h4*1H;1H2;;;/q;;;;;;;+5/p-5. The van der Waals surface area contributed by atoms with Gasteiger partial charge in [0.05, 0.1) is 0 Å². The third-order valence-corrected chi connectivity index (χ3v) is 0. The Kier molecular flexibility index (Phi) is 1.04. The summed E-state index contributed by atoms with van der Waals surface area (Å²) in [5.74, 6) is 0. The number of halogens is 4. The van der Waals surface area contributed by atoms with E-state index in [1.807, 2.05) is 0 Å². The van der Waals surface area contributed by atoms with Crippen molar-refractivity contribution in [2.45, 2.75) is 0 Å². The minimum atomic E-state index is -8.23. The molecule has 0 bridgehead atoms. The van der Waals surface area contributed by atoms with E-state index in [-0.39, 0.29) is 0 Å². The molecule has 0 rings (SSSR count). The van der Waals surface area contributed by atoms with Gasteiger partial charge in [-0.05, 0) is 0 Å². The summed E-state index contributed by atoms with van der Waals surface area (Å²) in [6.45, 7) is 0. The summed E-state index contributed by atoms with van der Waals surface area (Å²) in [5.41, 5.74) is 0. The van der Waals surface area contributed by atoms with Crippen LogP contribution in [0.4, 0.5) is 0 Å². The zero-order chi connectivity index (χ0) is 7.38. The third kappa shape index (κ3) is 171. The van der Waals surface area contributed by atoms with Crippen molar-refractivity contribution in [3.05, 3.63) is 0 Å². The molecule has 0 saturated heterocycles. The monoisotopic (exact) mass is 240 g/mol. The average molecular weight is 242 g/mol. The molecule has 0 fully saturated rings. The van der Waals surface area contributed by atoms with Crippen LogP contribution >= 0.6 is 39.4 Å². The van der Waals surface area contributed by atoms with Crippen LogP contribution in [0.5, 0.6) is 0 Å². The molecule has 0 aromatic rings. The van der Waals surface area contributed by atoms with E-state index in [1.165, 1.54) is 0 Å². The molecule has 8 heavy (non-hydrogen) atoms. The van der Waals surface area contributed by atoms with Crippen LogP contribution < -0.4 is 0 Å². The maximum atomic E-state index is 10.1. The molecule has 0 unspecified atom stereocenters. The molecule has 8 heteroatoms.